The van der Waals surface area contributed by atoms with Crippen LogP contribution in [0, 0.1) is 5.82 Å². The SMILES string of the molecule is O=C(c1nn(-c2ccccc2F)c(-c2ccc(Cl)cc2)c1Cc1nn[nH]n1)N1CCC(Oc2ccc(Cl)cc2)CC1. The van der Waals surface area contributed by atoms with Gasteiger partial charge in [-0.15, -0.1) is 10.2 Å². The van der Waals surface area contributed by atoms with Crippen LogP contribution >= 0.6 is 23.2 Å². The van der Waals surface area contributed by atoms with Crippen molar-refractivity contribution in [3.8, 4) is 22.7 Å². The fourth-order valence-corrected chi connectivity index (χ4v) is 5.19. The quantitative estimate of drug-likeness (QED) is 0.258. The van der Waals surface area contributed by atoms with Crippen molar-refractivity contribution in [2.45, 2.75) is 25.4 Å². The van der Waals surface area contributed by atoms with Crippen molar-refractivity contribution in [1.29, 1.82) is 0 Å². The maximum Gasteiger partial charge on any atom is 0.274 e. The minimum Gasteiger partial charge on any atom is -0.490 e. The van der Waals surface area contributed by atoms with Crippen LogP contribution < -0.4 is 4.74 Å². The van der Waals surface area contributed by atoms with Gasteiger partial charge in [-0.05, 0) is 48.5 Å². The molecule has 0 bridgehead atoms. The zero-order valence-electron chi connectivity index (χ0n) is 21.7. The Kier molecular flexibility index (Phi) is 7.67. The number of para-hydroxylation sites is 1. The van der Waals surface area contributed by atoms with Crippen LogP contribution in [0.2, 0.25) is 10.0 Å². The van der Waals surface area contributed by atoms with Crippen molar-refractivity contribution in [3.63, 3.8) is 0 Å². The van der Waals surface area contributed by atoms with Crippen molar-refractivity contribution in [1.82, 2.24) is 35.3 Å². The van der Waals surface area contributed by atoms with Gasteiger partial charge in [-0.2, -0.15) is 10.3 Å². The van der Waals surface area contributed by atoms with Gasteiger partial charge >= 0.3 is 0 Å². The average molecular weight is 592 g/mol. The van der Waals surface area contributed by atoms with Gasteiger partial charge in [0.1, 0.15) is 23.4 Å². The molecule has 1 N–H and O–H groups in total. The molecule has 3 heterocycles. The van der Waals surface area contributed by atoms with E-state index in [4.69, 9.17) is 33.0 Å². The van der Waals surface area contributed by atoms with Gasteiger partial charge in [0.25, 0.3) is 5.91 Å². The van der Waals surface area contributed by atoms with E-state index in [0.29, 0.717) is 58.6 Å². The van der Waals surface area contributed by atoms with Crippen LogP contribution in [0.5, 0.6) is 5.75 Å². The molecule has 0 radical (unpaired) electrons. The van der Waals surface area contributed by atoms with E-state index >= 15 is 4.39 Å². The Labute approximate surface area is 244 Å². The summed E-state index contributed by atoms with van der Waals surface area (Å²) in [5.41, 5.74) is 2.21. The molecule has 1 saturated heterocycles. The number of benzene rings is 3. The summed E-state index contributed by atoms with van der Waals surface area (Å²) in [5.74, 6) is 0.365. The number of nitrogens with zero attached hydrogens (tertiary/aromatic N) is 6. The molecule has 6 rings (SSSR count). The third kappa shape index (κ3) is 5.79. The molecule has 2 aromatic heterocycles. The lowest BCUT2D eigenvalue weighted by molar-refractivity contribution is 0.0589. The lowest BCUT2D eigenvalue weighted by Gasteiger charge is -2.32. The fraction of sp³-hybridized carbons (Fsp3) is 0.207. The van der Waals surface area contributed by atoms with Gasteiger partial charge in [0.2, 0.25) is 0 Å². The second kappa shape index (κ2) is 11.7. The van der Waals surface area contributed by atoms with E-state index in [2.05, 4.69) is 20.6 Å². The number of likely N-dealkylation sites (tertiary alicyclic amines) is 1. The Morgan fingerprint density at radius 3 is 2.32 bits per heavy atom. The fourth-order valence-electron chi connectivity index (χ4n) is 4.94. The van der Waals surface area contributed by atoms with Gasteiger partial charge in [0.15, 0.2) is 11.5 Å². The first-order chi connectivity index (χ1) is 20.0. The Morgan fingerprint density at radius 1 is 0.976 bits per heavy atom. The summed E-state index contributed by atoms with van der Waals surface area (Å²) < 4.78 is 22.7. The first-order valence-corrected chi connectivity index (χ1v) is 13.8. The molecule has 0 aliphatic carbocycles. The second-order valence-electron chi connectivity index (χ2n) is 9.61. The highest BCUT2D eigenvalue weighted by Gasteiger charge is 2.32. The number of amides is 1. The molecule has 0 atom stereocenters. The molecule has 208 valence electrons. The number of carbonyl (C=O) groups is 1. The first-order valence-electron chi connectivity index (χ1n) is 13.0. The van der Waals surface area contributed by atoms with E-state index in [1.807, 2.05) is 24.3 Å². The van der Waals surface area contributed by atoms with Gasteiger partial charge in [0, 0.05) is 53.5 Å². The summed E-state index contributed by atoms with van der Waals surface area (Å²) in [6.45, 7) is 0.948. The van der Waals surface area contributed by atoms with Crippen LogP contribution in [-0.4, -0.2) is 60.4 Å². The van der Waals surface area contributed by atoms with Gasteiger partial charge in [-0.3, -0.25) is 4.79 Å². The predicted octanol–water partition coefficient (Wildman–Crippen LogP) is 5.77. The van der Waals surface area contributed by atoms with E-state index < -0.39 is 5.82 Å². The van der Waals surface area contributed by atoms with E-state index in [-0.39, 0.29) is 29.8 Å². The normalized spacial score (nSPS) is 13.9. The number of nitrogens with one attached hydrogen (secondary N) is 1. The number of hydrogen-bond acceptors (Lipinski definition) is 6. The number of aromatic nitrogens is 6. The number of hydrogen-bond donors (Lipinski definition) is 1. The van der Waals surface area contributed by atoms with Crippen LogP contribution in [0.1, 0.15) is 34.7 Å². The summed E-state index contributed by atoms with van der Waals surface area (Å²) in [5, 5.41) is 20.2. The summed E-state index contributed by atoms with van der Waals surface area (Å²) in [6, 6.07) is 20.6. The van der Waals surface area contributed by atoms with Crippen molar-refractivity contribution >= 4 is 29.1 Å². The lowest BCUT2D eigenvalue weighted by atomic mass is 10.0. The van der Waals surface area contributed by atoms with Gasteiger partial charge in [-0.1, -0.05) is 52.7 Å². The third-order valence-corrected chi connectivity index (χ3v) is 7.46. The molecule has 0 unspecified atom stereocenters. The highest BCUT2D eigenvalue weighted by atomic mass is 35.5. The molecular weight excluding hydrogens is 568 g/mol. The minimum atomic E-state index is -0.476. The molecule has 0 saturated carbocycles. The molecule has 1 amide bonds. The Balaban J connectivity index is 1.36. The monoisotopic (exact) mass is 591 g/mol. The number of tetrazole rings is 1. The maximum absolute atomic E-state index is 15.1. The van der Waals surface area contributed by atoms with E-state index in [1.165, 1.54) is 10.7 Å². The third-order valence-electron chi connectivity index (χ3n) is 6.95. The zero-order valence-corrected chi connectivity index (χ0v) is 23.2. The number of piperidine rings is 1. The summed E-state index contributed by atoms with van der Waals surface area (Å²) in [4.78, 5) is 15.8. The predicted molar refractivity (Wildman–Crippen MR) is 152 cm³/mol. The summed E-state index contributed by atoms with van der Waals surface area (Å²) in [6.07, 6.45) is 1.40. The Bertz CT molecular complexity index is 1650. The number of aromatic amines is 1. The number of halogens is 3. The van der Waals surface area contributed by atoms with Crippen LogP contribution in [0.25, 0.3) is 16.9 Å². The minimum absolute atomic E-state index is 0.0420. The van der Waals surface area contributed by atoms with E-state index in [9.17, 15) is 4.79 Å². The molecule has 12 heteroatoms. The molecular formula is C29H24Cl2FN7O2. The molecule has 3 aromatic carbocycles. The van der Waals surface area contributed by atoms with Gasteiger partial charge in [-0.25, -0.2) is 9.07 Å². The Morgan fingerprint density at radius 2 is 1.66 bits per heavy atom. The Hall–Kier alpha value is -4.28. The smallest absolute Gasteiger partial charge is 0.274 e. The highest BCUT2D eigenvalue weighted by Crippen LogP contribution is 2.33. The lowest BCUT2D eigenvalue weighted by Crippen LogP contribution is -2.42. The van der Waals surface area contributed by atoms with Crippen LogP contribution in [0.4, 0.5) is 4.39 Å². The number of ether oxygens (including phenoxy) is 1. The molecule has 1 fully saturated rings. The topological polar surface area (TPSA) is 102 Å². The maximum atomic E-state index is 15.1. The summed E-state index contributed by atoms with van der Waals surface area (Å²) in [7, 11) is 0. The second-order valence-corrected chi connectivity index (χ2v) is 10.5. The van der Waals surface area contributed by atoms with Crippen molar-refractivity contribution in [2.24, 2.45) is 0 Å². The van der Waals surface area contributed by atoms with Crippen molar-refractivity contribution in [2.75, 3.05) is 13.1 Å². The van der Waals surface area contributed by atoms with Crippen LogP contribution in [0.3, 0.4) is 0 Å². The average Bonchev–Trinajstić information content (AvgIpc) is 3.64. The largest absolute Gasteiger partial charge is 0.490 e. The molecule has 41 heavy (non-hydrogen) atoms. The molecule has 0 spiro atoms. The summed E-state index contributed by atoms with van der Waals surface area (Å²) >= 11 is 12.2. The first kappa shape index (κ1) is 26.9. The zero-order chi connectivity index (χ0) is 28.3. The highest BCUT2D eigenvalue weighted by molar-refractivity contribution is 6.30. The van der Waals surface area contributed by atoms with Gasteiger partial charge < -0.3 is 9.64 Å². The molecule has 1 aliphatic rings. The van der Waals surface area contributed by atoms with Crippen LogP contribution in [-0.2, 0) is 6.42 Å². The van der Waals surface area contributed by atoms with Gasteiger partial charge in [0.05, 0.1) is 5.69 Å². The molecule has 5 aromatic rings. The number of carbonyl (C=O) groups excluding carboxylic acids is 1. The number of H-pyrrole nitrogens is 1. The molecule has 9 nitrogen and oxygen atoms in total. The molecule has 1 aliphatic heterocycles. The standard InChI is InChI=1S/C29H24Cl2FN7O2/c30-19-7-5-18(6-8-19)28-23(17-26-33-36-37-34-26)27(35-39(28)25-4-2-1-3-24(25)32)29(40)38-15-13-22(14-16-38)41-21-11-9-20(31)10-12-21/h1-12,22H,13-17H2,(H,33,34,36,37). The van der Waals surface area contributed by atoms with Crippen molar-refractivity contribution in [3.05, 3.63) is 106 Å². The van der Waals surface area contributed by atoms with E-state index in [1.54, 1.807) is 47.4 Å². The number of rotatable bonds is 7. The van der Waals surface area contributed by atoms with Crippen LogP contribution in [0.15, 0.2) is 72.8 Å². The van der Waals surface area contributed by atoms with E-state index in [0.717, 1.165) is 5.75 Å². The van der Waals surface area contributed by atoms with Crippen molar-refractivity contribution < 1.29 is 13.9 Å².